The van der Waals surface area contributed by atoms with E-state index in [4.69, 9.17) is 4.74 Å². The monoisotopic (exact) mass is 379 g/mol. The quantitative estimate of drug-likeness (QED) is 0.674. The highest BCUT2D eigenvalue weighted by molar-refractivity contribution is 8.14. The van der Waals surface area contributed by atoms with Gasteiger partial charge in [0.15, 0.2) is 5.12 Å². The zero-order valence-electron chi connectivity index (χ0n) is 16.7. The van der Waals surface area contributed by atoms with E-state index in [1.807, 2.05) is 46.8 Å². The molecule has 0 aliphatic carbocycles. The van der Waals surface area contributed by atoms with E-state index < -0.39 is 12.0 Å². The molecule has 0 bridgehead atoms. The van der Waals surface area contributed by atoms with Crippen LogP contribution in [-0.2, 0) is 19.1 Å². The van der Waals surface area contributed by atoms with Crippen LogP contribution in [0.3, 0.4) is 0 Å². The van der Waals surface area contributed by atoms with E-state index in [1.54, 1.807) is 6.92 Å². The Morgan fingerprint density at radius 3 is 2.19 bits per heavy atom. The first-order chi connectivity index (χ1) is 12.1. The van der Waals surface area contributed by atoms with Gasteiger partial charge in [0, 0.05) is 6.42 Å². The minimum Gasteiger partial charge on any atom is -0.467 e. The highest BCUT2D eigenvalue weighted by atomic mass is 32.2. The molecule has 5 nitrogen and oxygen atoms in total. The predicted molar refractivity (Wildman–Crippen MR) is 107 cm³/mol. The SMILES string of the molecule is COC(=O)[C@H](C)N(C(=O)CSC(=O)CC(C)C)c1c(C)ccc(C)c1C. The molecular formula is C20H29NO4S. The standard InChI is InChI=1S/C20H29NO4S/c1-12(2)10-18(23)26-11-17(22)21(16(6)20(24)25-7)19-14(4)9-8-13(3)15(19)5/h8-9,12,16H,10-11H2,1-7H3/t16-/m0/s1. The minimum absolute atomic E-state index is 0.000288. The van der Waals surface area contributed by atoms with E-state index in [9.17, 15) is 14.4 Å². The van der Waals surface area contributed by atoms with E-state index in [0.717, 1.165) is 28.5 Å². The molecular weight excluding hydrogens is 350 g/mol. The van der Waals surface area contributed by atoms with Crippen LogP contribution in [-0.4, -0.2) is 35.9 Å². The van der Waals surface area contributed by atoms with Crippen molar-refractivity contribution in [3.05, 3.63) is 28.8 Å². The first kappa shape index (κ1) is 22.2. The van der Waals surface area contributed by atoms with E-state index in [1.165, 1.54) is 12.0 Å². The number of esters is 1. The number of nitrogens with zero attached hydrogens (tertiary/aromatic N) is 1. The van der Waals surface area contributed by atoms with Crippen molar-refractivity contribution >= 4 is 34.4 Å². The Hall–Kier alpha value is -1.82. The maximum absolute atomic E-state index is 13.0. The zero-order chi connectivity index (χ0) is 20.0. The molecule has 0 aliphatic heterocycles. The number of carbonyl (C=O) groups excluding carboxylic acids is 3. The molecule has 0 saturated heterocycles. The molecule has 26 heavy (non-hydrogen) atoms. The third-order valence-electron chi connectivity index (χ3n) is 4.27. The highest BCUT2D eigenvalue weighted by Crippen LogP contribution is 2.30. The van der Waals surface area contributed by atoms with Gasteiger partial charge in [-0.05, 0) is 50.3 Å². The molecule has 0 aromatic heterocycles. The van der Waals surface area contributed by atoms with Crippen LogP contribution in [0.1, 0.15) is 43.9 Å². The lowest BCUT2D eigenvalue weighted by atomic mass is 10.0. The van der Waals surface area contributed by atoms with Crippen LogP contribution in [0, 0.1) is 26.7 Å². The minimum atomic E-state index is -0.771. The highest BCUT2D eigenvalue weighted by Gasteiger charge is 2.30. The second kappa shape index (κ2) is 9.76. The Kier molecular flexibility index (Phi) is 8.34. The van der Waals surface area contributed by atoms with Gasteiger partial charge in [0.25, 0.3) is 0 Å². The van der Waals surface area contributed by atoms with Gasteiger partial charge in [-0.15, -0.1) is 0 Å². The first-order valence-corrected chi connectivity index (χ1v) is 9.71. The third kappa shape index (κ3) is 5.59. The normalized spacial score (nSPS) is 12.0. The summed E-state index contributed by atoms with van der Waals surface area (Å²) in [5.41, 5.74) is 3.58. The van der Waals surface area contributed by atoms with Crippen LogP contribution < -0.4 is 4.90 Å². The number of ether oxygens (including phenoxy) is 1. The number of rotatable bonds is 7. The third-order valence-corrected chi connectivity index (χ3v) is 5.15. The van der Waals surface area contributed by atoms with Gasteiger partial charge in [-0.3, -0.25) is 14.5 Å². The van der Waals surface area contributed by atoms with Gasteiger partial charge in [-0.1, -0.05) is 37.7 Å². The smallest absolute Gasteiger partial charge is 0.328 e. The molecule has 144 valence electrons. The first-order valence-electron chi connectivity index (χ1n) is 8.72. The maximum atomic E-state index is 13.0. The molecule has 0 radical (unpaired) electrons. The van der Waals surface area contributed by atoms with E-state index >= 15 is 0 Å². The summed E-state index contributed by atoms with van der Waals surface area (Å²) in [6.07, 6.45) is 0.424. The van der Waals surface area contributed by atoms with Gasteiger partial charge < -0.3 is 4.74 Å². The van der Waals surface area contributed by atoms with Crippen LogP contribution in [0.25, 0.3) is 0 Å². The number of hydrogen-bond donors (Lipinski definition) is 0. The van der Waals surface area contributed by atoms with Crippen LogP contribution in [0.4, 0.5) is 5.69 Å². The summed E-state index contributed by atoms with van der Waals surface area (Å²) in [5.74, 6) is -0.518. The molecule has 6 heteroatoms. The largest absolute Gasteiger partial charge is 0.467 e. The van der Waals surface area contributed by atoms with E-state index in [2.05, 4.69) is 0 Å². The molecule has 0 heterocycles. The Labute approximate surface area is 160 Å². The topological polar surface area (TPSA) is 63.7 Å². The molecule has 0 N–H and O–H groups in total. The van der Waals surface area contributed by atoms with Gasteiger partial charge >= 0.3 is 5.97 Å². The summed E-state index contributed by atoms with van der Waals surface area (Å²) in [5, 5.41) is -0.0169. The van der Waals surface area contributed by atoms with Gasteiger partial charge in [0.05, 0.1) is 18.6 Å². The Bertz CT molecular complexity index is 685. The fourth-order valence-corrected chi connectivity index (χ4v) is 3.60. The van der Waals surface area contributed by atoms with Crippen molar-refractivity contribution in [2.24, 2.45) is 5.92 Å². The summed E-state index contributed by atoms with van der Waals surface area (Å²) in [6, 6.07) is 3.15. The Morgan fingerprint density at radius 1 is 1.08 bits per heavy atom. The molecule has 1 aromatic rings. The second-order valence-electron chi connectivity index (χ2n) is 6.89. The summed E-state index contributed by atoms with van der Waals surface area (Å²) in [7, 11) is 1.30. The predicted octanol–water partition coefficient (Wildman–Crippen LogP) is 3.81. The van der Waals surface area contributed by atoms with Crippen molar-refractivity contribution in [3.63, 3.8) is 0 Å². The molecule has 0 fully saturated rings. The second-order valence-corrected chi connectivity index (χ2v) is 7.93. The number of amides is 1. The molecule has 1 atom stereocenters. The van der Waals surface area contributed by atoms with Crippen LogP contribution >= 0.6 is 11.8 Å². The van der Waals surface area contributed by atoms with Crippen LogP contribution in [0.2, 0.25) is 0 Å². The fourth-order valence-electron chi connectivity index (χ4n) is 2.72. The van der Waals surface area contributed by atoms with Gasteiger partial charge in [0.1, 0.15) is 6.04 Å². The Balaban J connectivity index is 3.19. The lowest BCUT2D eigenvalue weighted by Gasteiger charge is -2.31. The zero-order valence-corrected chi connectivity index (χ0v) is 17.5. The lowest BCUT2D eigenvalue weighted by molar-refractivity contribution is -0.142. The fraction of sp³-hybridized carbons (Fsp3) is 0.550. The van der Waals surface area contributed by atoms with Crippen molar-refractivity contribution in [3.8, 4) is 0 Å². The van der Waals surface area contributed by atoms with Crippen LogP contribution in [0.5, 0.6) is 0 Å². The summed E-state index contributed by atoms with van der Waals surface area (Å²) >= 11 is 1.01. The average molecular weight is 380 g/mol. The molecule has 0 unspecified atom stereocenters. The maximum Gasteiger partial charge on any atom is 0.328 e. The number of methoxy groups -OCH3 is 1. The molecule has 0 saturated carbocycles. The van der Waals surface area contributed by atoms with Crippen molar-refractivity contribution in [1.29, 1.82) is 0 Å². The van der Waals surface area contributed by atoms with E-state index in [-0.39, 0.29) is 22.7 Å². The molecule has 1 aromatic carbocycles. The number of carbonyl (C=O) groups is 3. The molecule has 0 aliphatic rings. The van der Waals surface area contributed by atoms with Gasteiger partial charge in [-0.25, -0.2) is 4.79 Å². The summed E-state index contributed by atoms with van der Waals surface area (Å²) in [6.45, 7) is 11.4. The van der Waals surface area contributed by atoms with Crippen molar-refractivity contribution in [2.45, 2.75) is 54.0 Å². The van der Waals surface area contributed by atoms with Crippen molar-refractivity contribution in [2.75, 3.05) is 17.8 Å². The molecule has 0 spiro atoms. The van der Waals surface area contributed by atoms with Gasteiger partial charge in [0.2, 0.25) is 5.91 Å². The lowest BCUT2D eigenvalue weighted by Crippen LogP contribution is -2.46. The van der Waals surface area contributed by atoms with Crippen molar-refractivity contribution in [1.82, 2.24) is 0 Å². The number of anilines is 1. The number of hydrogen-bond acceptors (Lipinski definition) is 5. The Morgan fingerprint density at radius 2 is 1.65 bits per heavy atom. The number of aryl methyl sites for hydroxylation is 2. The van der Waals surface area contributed by atoms with Gasteiger partial charge in [-0.2, -0.15) is 0 Å². The van der Waals surface area contributed by atoms with E-state index in [0.29, 0.717) is 12.1 Å². The summed E-state index contributed by atoms with van der Waals surface area (Å²) < 4.78 is 4.85. The number of benzene rings is 1. The molecule has 1 amide bonds. The van der Waals surface area contributed by atoms with Crippen LogP contribution in [0.15, 0.2) is 12.1 Å². The summed E-state index contributed by atoms with van der Waals surface area (Å²) in [4.78, 5) is 38.5. The average Bonchev–Trinajstić information content (AvgIpc) is 2.58. The molecule has 1 rings (SSSR count). The number of thioether (sulfide) groups is 1. The van der Waals surface area contributed by atoms with Crippen molar-refractivity contribution < 1.29 is 19.1 Å².